The Balaban J connectivity index is 0.00000312. The van der Waals surface area contributed by atoms with Crippen LogP contribution in [0.3, 0.4) is 0 Å². The van der Waals surface area contributed by atoms with Gasteiger partial charge in [-0.05, 0) is 36.5 Å². The number of likely N-dealkylation sites (tertiary alicyclic amines) is 1. The molecule has 1 fully saturated rings. The van der Waals surface area contributed by atoms with Crippen molar-refractivity contribution in [3.8, 4) is 5.75 Å². The van der Waals surface area contributed by atoms with Gasteiger partial charge in [-0.15, -0.1) is 24.0 Å². The van der Waals surface area contributed by atoms with Crippen molar-refractivity contribution >= 4 is 35.9 Å². The Morgan fingerprint density at radius 2 is 2.04 bits per heavy atom. The lowest BCUT2D eigenvalue weighted by Gasteiger charge is -2.21. The van der Waals surface area contributed by atoms with Crippen LogP contribution >= 0.6 is 24.0 Å². The molecule has 1 aliphatic rings. The maximum Gasteiger partial charge on any atom is 0.310 e. The van der Waals surface area contributed by atoms with Crippen LogP contribution in [0.15, 0.2) is 29.3 Å². The van der Waals surface area contributed by atoms with Gasteiger partial charge in [-0.3, -0.25) is 9.79 Å². The molecule has 2 rings (SSSR count). The number of benzene rings is 1. The number of carbonyl (C=O) groups is 1. The Kier molecular flexibility index (Phi) is 9.02. The molecule has 1 saturated heterocycles. The number of carbonyl (C=O) groups excluding carboxylic acids is 1. The van der Waals surface area contributed by atoms with Crippen LogP contribution in [0, 0.1) is 11.8 Å². The predicted molar refractivity (Wildman–Crippen MR) is 109 cm³/mol. The topological polar surface area (TPSA) is 74.2 Å². The number of methoxy groups -OCH3 is 1. The van der Waals surface area contributed by atoms with Crippen LogP contribution in [0.1, 0.15) is 18.9 Å². The number of halogens is 1. The molecule has 0 aliphatic carbocycles. The fraction of sp³-hybridized carbons (Fsp3) is 0.556. The van der Waals surface area contributed by atoms with E-state index in [1.165, 1.54) is 12.7 Å². The lowest BCUT2D eigenvalue weighted by molar-refractivity contribution is -0.145. The first-order valence-electron chi connectivity index (χ1n) is 8.36. The van der Waals surface area contributed by atoms with Crippen LogP contribution in [-0.4, -0.2) is 55.7 Å². The summed E-state index contributed by atoms with van der Waals surface area (Å²) in [6.07, 6.45) is 1.90. The van der Waals surface area contributed by atoms with Gasteiger partial charge in [-0.2, -0.15) is 0 Å². The largest absolute Gasteiger partial charge is 0.508 e. The van der Waals surface area contributed by atoms with Crippen molar-refractivity contribution in [3.63, 3.8) is 0 Å². The quantitative estimate of drug-likeness (QED) is 0.232. The minimum Gasteiger partial charge on any atom is -0.508 e. The minimum atomic E-state index is -0.146. The lowest BCUT2D eigenvalue weighted by atomic mass is 9.99. The highest BCUT2D eigenvalue weighted by molar-refractivity contribution is 14.0. The highest BCUT2D eigenvalue weighted by Crippen LogP contribution is 2.24. The second kappa shape index (κ2) is 10.5. The summed E-state index contributed by atoms with van der Waals surface area (Å²) in [4.78, 5) is 18.2. The van der Waals surface area contributed by atoms with Crippen molar-refractivity contribution in [2.75, 3.05) is 33.8 Å². The van der Waals surface area contributed by atoms with Gasteiger partial charge in [-0.25, -0.2) is 0 Å². The van der Waals surface area contributed by atoms with Gasteiger partial charge in [0, 0.05) is 26.7 Å². The average Bonchev–Trinajstić information content (AvgIpc) is 2.97. The van der Waals surface area contributed by atoms with Gasteiger partial charge in [0.2, 0.25) is 0 Å². The van der Waals surface area contributed by atoms with E-state index >= 15 is 0 Å². The first kappa shape index (κ1) is 21.5. The number of guanidine groups is 1. The number of esters is 1. The zero-order chi connectivity index (χ0) is 17.5. The minimum absolute atomic E-state index is 0. The van der Waals surface area contributed by atoms with Gasteiger partial charge in [0.05, 0.1) is 13.0 Å². The third kappa shape index (κ3) is 6.05. The molecule has 1 aliphatic heterocycles. The monoisotopic (exact) mass is 461 g/mol. The van der Waals surface area contributed by atoms with E-state index in [1.807, 2.05) is 12.1 Å². The van der Waals surface area contributed by atoms with E-state index in [0.717, 1.165) is 31.9 Å². The number of aliphatic imine (C=N–C) groups is 1. The van der Waals surface area contributed by atoms with Gasteiger partial charge >= 0.3 is 5.97 Å². The summed E-state index contributed by atoms with van der Waals surface area (Å²) in [6.45, 7) is 4.32. The second-order valence-corrected chi connectivity index (χ2v) is 6.26. The Hall–Kier alpha value is -1.51. The molecule has 140 valence electrons. The van der Waals surface area contributed by atoms with Crippen molar-refractivity contribution in [2.24, 2.45) is 16.8 Å². The van der Waals surface area contributed by atoms with E-state index in [2.05, 4.69) is 22.1 Å². The zero-order valence-corrected chi connectivity index (χ0v) is 17.4. The Labute approximate surface area is 166 Å². The summed E-state index contributed by atoms with van der Waals surface area (Å²) in [6, 6.07) is 7.29. The standard InChI is InChI=1S/C18H27N3O3.HI/c1-13-11-21(12-16(13)17(23)24-3)18(19-2)20-10-4-5-14-6-8-15(22)9-7-14;/h6-9,13,16,22H,4-5,10-12H2,1-3H3,(H,19,20);1H. The normalized spacial score (nSPS) is 20.1. The van der Waals surface area contributed by atoms with E-state index < -0.39 is 0 Å². The SMILES string of the molecule is CN=C(NCCCc1ccc(O)cc1)N1CC(C)C(C(=O)OC)C1.I. The highest BCUT2D eigenvalue weighted by Gasteiger charge is 2.36. The predicted octanol–water partition coefficient (Wildman–Crippen LogP) is 2.26. The van der Waals surface area contributed by atoms with E-state index in [4.69, 9.17) is 4.74 Å². The van der Waals surface area contributed by atoms with Crippen LogP contribution in [0.25, 0.3) is 0 Å². The molecule has 1 aromatic rings. The Morgan fingerprint density at radius 1 is 1.36 bits per heavy atom. The molecule has 1 heterocycles. The molecular formula is C18H28IN3O3. The third-order valence-corrected chi connectivity index (χ3v) is 4.49. The third-order valence-electron chi connectivity index (χ3n) is 4.49. The maximum absolute atomic E-state index is 11.8. The first-order valence-corrected chi connectivity index (χ1v) is 8.36. The number of aromatic hydroxyl groups is 1. The highest BCUT2D eigenvalue weighted by atomic mass is 127. The van der Waals surface area contributed by atoms with E-state index in [9.17, 15) is 9.90 Å². The molecule has 0 aromatic heterocycles. The van der Waals surface area contributed by atoms with Crippen molar-refractivity contribution in [2.45, 2.75) is 19.8 Å². The number of aryl methyl sites for hydroxylation is 1. The number of ether oxygens (including phenoxy) is 1. The van der Waals surface area contributed by atoms with E-state index in [1.54, 1.807) is 19.2 Å². The van der Waals surface area contributed by atoms with Crippen LogP contribution < -0.4 is 5.32 Å². The molecule has 0 saturated carbocycles. The lowest BCUT2D eigenvalue weighted by Crippen LogP contribution is -2.41. The number of phenols is 1. The summed E-state index contributed by atoms with van der Waals surface area (Å²) < 4.78 is 4.88. The van der Waals surface area contributed by atoms with Gasteiger partial charge in [-0.1, -0.05) is 19.1 Å². The number of rotatable bonds is 5. The Morgan fingerprint density at radius 3 is 2.64 bits per heavy atom. The van der Waals surface area contributed by atoms with Crippen LogP contribution in [0.2, 0.25) is 0 Å². The van der Waals surface area contributed by atoms with E-state index in [0.29, 0.717) is 12.3 Å². The molecule has 6 nitrogen and oxygen atoms in total. The summed E-state index contributed by atoms with van der Waals surface area (Å²) in [5.41, 5.74) is 1.20. The van der Waals surface area contributed by atoms with Crippen LogP contribution in [0.5, 0.6) is 5.75 Å². The van der Waals surface area contributed by atoms with E-state index in [-0.39, 0.29) is 41.8 Å². The number of nitrogens with one attached hydrogen (secondary N) is 1. The molecule has 2 atom stereocenters. The number of hydrogen-bond acceptors (Lipinski definition) is 4. The molecule has 7 heteroatoms. The summed E-state index contributed by atoms with van der Waals surface area (Å²) >= 11 is 0. The number of nitrogens with zero attached hydrogens (tertiary/aromatic N) is 2. The summed E-state index contributed by atoms with van der Waals surface area (Å²) in [5, 5.41) is 12.7. The molecule has 0 amide bonds. The van der Waals surface area contributed by atoms with Crippen LogP contribution in [0.4, 0.5) is 0 Å². The fourth-order valence-corrected chi connectivity index (χ4v) is 3.09. The average molecular weight is 461 g/mol. The van der Waals surface area contributed by atoms with Gasteiger partial charge in [0.25, 0.3) is 0 Å². The summed E-state index contributed by atoms with van der Waals surface area (Å²) in [7, 11) is 3.20. The molecule has 25 heavy (non-hydrogen) atoms. The molecule has 1 aromatic carbocycles. The molecule has 2 unspecified atom stereocenters. The van der Waals surface area contributed by atoms with Crippen molar-refractivity contribution in [1.29, 1.82) is 0 Å². The molecule has 2 N–H and O–H groups in total. The molecule has 0 bridgehead atoms. The Bertz CT molecular complexity index is 577. The van der Waals surface area contributed by atoms with Gasteiger partial charge < -0.3 is 20.1 Å². The molecule has 0 radical (unpaired) electrons. The number of hydrogen-bond donors (Lipinski definition) is 2. The second-order valence-electron chi connectivity index (χ2n) is 6.26. The molecular weight excluding hydrogens is 433 g/mol. The first-order chi connectivity index (χ1) is 11.5. The number of phenolic OH excluding ortho intramolecular Hbond substituents is 1. The maximum atomic E-state index is 11.8. The molecule has 0 spiro atoms. The van der Waals surface area contributed by atoms with Gasteiger partial charge in [0.15, 0.2) is 5.96 Å². The smallest absolute Gasteiger partial charge is 0.310 e. The summed E-state index contributed by atoms with van der Waals surface area (Å²) in [5.74, 6) is 1.14. The fourth-order valence-electron chi connectivity index (χ4n) is 3.09. The zero-order valence-electron chi connectivity index (χ0n) is 15.1. The van der Waals surface area contributed by atoms with Crippen LogP contribution in [-0.2, 0) is 16.0 Å². The van der Waals surface area contributed by atoms with Crippen molar-refractivity contribution in [1.82, 2.24) is 10.2 Å². The van der Waals surface area contributed by atoms with Gasteiger partial charge in [0.1, 0.15) is 5.75 Å². The van der Waals surface area contributed by atoms with Crippen molar-refractivity contribution in [3.05, 3.63) is 29.8 Å². The van der Waals surface area contributed by atoms with Crippen molar-refractivity contribution < 1.29 is 14.6 Å².